The van der Waals surface area contributed by atoms with Crippen LogP contribution in [0.15, 0.2) is 106 Å². The van der Waals surface area contributed by atoms with Crippen LogP contribution >= 0.6 is 24.0 Å². The van der Waals surface area contributed by atoms with Gasteiger partial charge in [-0.1, -0.05) is 53.7 Å². The first-order valence-corrected chi connectivity index (χ1v) is 11.3. The van der Waals surface area contributed by atoms with Gasteiger partial charge in [0.25, 0.3) is 0 Å². The Labute approximate surface area is 191 Å². The summed E-state index contributed by atoms with van der Waals surface area (Å²) in [7, 11) is 0. The second-order valence-electron chi connectivity index (χ2n) is 7.40. The van der Waals surface area contributed by atoms with E-state index in [1.165, 1.54) is 5.56 Å². The Bertz CT molecular complexity index is 1180. The highest BCUT2D eigenvalue weighted by atomic mass is 32.2. The molecule has 4 nitrogen and oxygen atoms in total. The van der Waals surface area contributed by atoms with Crippen molar-refractivity contribution >= 4 is 34.8 Å². The van der Waals surface area contributed by atoms with Gasteiger partial charge in [0, 0.05) is 16.8 Å². The van der Waals surface area contributed by atoms with Gasteiger partial charge in [0.15, 0.2) is 10.2 Å². The fraction of sp³-hybridized carbons (Fsp3) is 0.120. The standard InChI is InChI=1S/C25H21N3OS2/c1-17-10-12-18(13-11-17)28-24(23(27-25(28)30)20-9-5-6-16-26-20)21-14-15-22(29-21)31-19-7-3-2-4-8-19/h2-16,23-24H,1H3,(H,27,30)/t23-,24+/m0/s1. The summed E-state index contributed by atoms with van der Waals surface area (Å²) in [6.07, 6.45) is 1.81. The summed E-state index contributed by atoms with van der Waals surface area (Å²) in [5.41, 5.74) is 3.16. The lowest BCUT2D eigenvalue weighted by Crippen LogP contribution is -2.29. The van der Waals surface area contributed by atoms with Crippen molar-refractivity contribution in [2.75, 3.05) is 4.90 Å². The molecule has 4 aromatic rings. The minimum Gasteiger partial charge on any atom is -0.452 e. The molecule has 0 spiro atoms. The maximum atomic E-state index is 6.34. The van der Waals surface area contributed by atoms with Gasteiger partial charge in [-0.15, -0.1) is 0 Å². The van der Waals surface area contributed by atoms with Crippen molar-refractivity contribution in [3.8, 4) is 0 Å². The average Bonchev–Trinajstić information content (AvgIpc) is 3.40. The number of benzene rings is 2. The van der Waals surface area contributed by atoms with E-state index < -0.39 is 0 Å². The van der Waals surface area contributed by atoms with Crippen molar-refractivity contribution in [3.63, 3.8) is 0 Å². The maximum absolute atomic E-state index is 6.34. The predicted molar refractivity (Wildman–Crippen MR) is 128 cm³/mol. The third-order valence-electron chi connectivity index (χ3n) is 5.27. The molecule has 2 atom stereocenters. The summed E-state index contributed by atoms with van der Waals surface area (Å²) in [6.45, 7) is 2.08. The van der Waals surface area contributed by atoms with E-state index >= 15 is 0 Å². The Morgan fingerprint density at radius 3 is 2.45 bits per heavy atom. The van der Waals surface area contributed by atoms with Crippen LogP contribution < -0.4 is 10.2 Å². The van der Waals surface area contributed by atoms with Crippen LogP contribution in [-0.4, -0.2) is 10.1 Å². The third kappa shape index (κ3) is 4.09. The molecule has 2 aromatic carbocycles. The van der Waals surface area contributed by atoms with Crippen molar-refractivity contribution in [3.05, 3.63) is 108 Å². The number of rotatable bonds is 5. The van der Waals surface area contributed by atoms with Crippen LogP contribution in [0.25, 0.3) is 0 Å². The number of pyridine rings is 1. The molecule has 0 amide bonds. The van der Waals surface area contributed by atoms with E-state index in [0.717, 1.165) is 27.1 Å². The molecular formula is C25H21N3OS2. The van der Waals surface area contributed by atoms with Gasteiger partial charge in [0.2, 0.25) is 0 Å². The van der Waals surface area contributed by atoms with Crippen LogP contribution in [0.1, 0.15) is 29.1 Å². The molecule has 0 saturated carbocycles. The lowest BCUT2D eigenvalue weighted by molar-refractivity contribution is 0.383. The van der Waals surface area contributed by atoms with E-state index in [2.05, 4.69) is 58.5 Å². The Morgan fingerprint density at radius 2 is 1.71 bits per heavy atom. The number of hydrogen-bond donors (Lipinski definition) is 1. The minimum atomic E-state index is -0.143. The van der Waals surface area contributed by atoms with Crippen molar-refractivity contribution in [1.82, 2.24) is 10.3 Å². The molecular weight excluding hydrogens is 422 g/mol. The fourth-order valence-electron chi connectivity index (χ4n) is 3.78. The van der Waals surface area contributed by atoms with Gasteiger partial charge in [0.05, 0.1) is 11.7 Å². The molecule has 0 bridgehead atoms. The van der Waals surface area contributed by atoms with Crippen LogP contribution in [0.5, 0.6) is 0 Å². The maximum Gasteiger partial charge on any atom is 0.174 e. The van der Waals surface area contributed by atoms with E-state index in [1.54, 1.807) is 11.8 Å². The largest absolute Gasteiger partial charge is 0.452 e. The van der Waals surface area contributed by atoms with E-state index in [0.29, 0.717) is 5.11 Å². The summed E-state index contributed by atoms with van der Waals surface area (Å²) in [6, 6.07) is 28.4. The molecule has 1 saturated heterocycles. The predicted octanol–water partition coefficient (Wildman–Crippen LogP) is 6.31. The summed E-state index contributed by atoms with van der Waals surface area (Å²) < 4.78 is 6.34. The van der Waals surface area contributed by atoms with Crippen LogP contribution in [0.4, 0.5) is 5.69 Å². The van der Waals surface area contributed by atoms with Gasteiger partial charge in [-0.2, -0.15) is 0 Å². The highest BCUT2D eigenvalue weighted by Gasteiger charge is 2.42. The number of aromatic nitrogens is 1. The Morgan fingerprint density at radius 1 is 0.935 bits per heavy atom. The number of aryl methyl sites for hydroxylation is 1. The van der Waals surface area contributed by atoms with E-state index in [4.69, 9.17) is 16.6 Å². The molecule has 1 N–H and O–H groups in total. The molecule has 154 valence electrons. The van der Waals surface area contributed by atoms with E-state index in [9.17, 15) is 0 Å². The topological polar surface area (TPSA) is 41.3 Å². The SMILES string of the molecule is Cc1ccc(N2C(=S)N[C@@H](c3ccccn3)[C@H]2c2ccc(Sc3ccccc3)o2)cc1. The third-order valence-corrected chi connectivity index (χ3v) is 6.51. The van der Waals surface area contributed by atoms with Gasteiger partial charge < -0.3 is 14.6 Å². The van der Waals surface area contributed by atoms with Crippen LogP contribution in [0, 0.1) is 6.92 Å². The number of furan rings is 1. The Kier molecular flexibility index (Phi) is 5.49. The molecule has 6 heteroatoms. The second-order valence-corrected chi connectivity index (χ2v) is 8.87. The fourth-order valence-corrected chi connectivity index (χ4v) is 4.93. The molecule has 0 unspecified atom stereocenters. The summed E-state index contributed by atoms with van der Waals surface area (Å²) in [5, 5.41) is 4.98. The van der Waals surface area contributed by atoms with E-state index in [1.807, 2.05) is 54.7 Å². The lowest BCUT2D eigenvalue weighted by Gasteiger charge is -2.26. The normalized spacial score (nSPS) is 18.2. The molecule has 0 aliphatic carbocycles. The van der Waals surface area contributed by atoms with Crippen LogP contribution in [0.3, 0.4) is 0 Å². The Balaban J connectivity index is 1.53. The summed E-state index contributed by atoms with van der Waals surface area (Å²) in [4.78, 5) is 7.86. The number of anilines is 1. The smallest absolute Gasteiger partial charge is 0.174 e. The molecule has 1 aliphatic heterocycles. The number of nitrogens with zero attached hydrogens (tertiary/aromatic N) is 2. The highest BCUT2D eigenvalue weighted by molar-refractivity contribution is 7.99. The molecule has 3 heterocycles. The number of thiocarbonyl (C=S) groups is 1. The van der Waals surface area contributed by atoms with Crippen molar-refractivity contribution in [1.29, 1.82) is 0 Å². The average molecular weight is 444 g/mol. The number of hydrogen-bond acceptors (Lipinski definition) is 4. The van der Waals surface area contributed by atoms with E-state index in [-0.39, 0.29) is 12.1 Å². The first-order chi connectivity index (χ1) is 15.2. The molecule has 1 aliphatic rings. The molecule has 1 fully saturated rings. The monoisotopic (exact) mass is 443 g/mol. The number of nitrogens with one attached hydrogen (secondary N) is 1. The highest BCUT2D eigenvalue weighted by Crippen LogP contribution is 2.43. The zero-order chi connectivity index (χ0) is 21.2. The quantitative estimate of drug-likeness (QED) is 0.365. The van der Waals surface area contributed by atoms with Crippen LogP contribution in [-0.2, 0) is 0 Å². The molecule has 5 rings (SSSR count). The van der Waals surface area contributed by atoms with Crippen molar-refractivity contribution in [2.45, 2.75) is 29.0 Å². The second kappa shape index (κ2) is 8.57. The minimum absolute atomic E-state index is 0.115. The van der Waals surface area contributed by atoms with Gasteiger partial charge in [-0.25, -0.2) is 0 Å². The zero-order valence-electron chi connectivity index (χ0n) is 16.9. The van der Waals surface area contributed by atoms with Gasteiger partial charge >= 0.3 is 0 Å². The summed E-state index contributed by atoms with van der Waals surface area (Å²) >= 11 is 7.37. The van der Waals surface area contributed by atoms with Gasteiger partial charge in [-0.05, 0) is 67.7 Å². The molecule has 2 aromatic heterocycles. The first-order valence-electron chi connectivity index (χ1n) is 10.1. The van der Waals surface area contributed by atoms with Crippen molar-refractivity contribution in [2.24, 2.45) is 0 Å². The Hall–Kier alpha value is -3.09. The zero-order valence-corrected chi connectivity index (χ0v) is 18.6. The van der Waals surface area contributed by atoms with Gasteiger partial charge in [-0.3, -0.25) is 4.98 Å². The molecule has 31 heavy (non-hydrogen) atoms. The van der Waals surface area contributed by atoms with Crippen molar-refractivity contribution < 1.29 is 4.42 Å². The lowest BCUT2D eigenvalue weighted by atomic mass is 10.0. The van der Waals surface area contributed by atoms with Gasteiger partial charge in [0.1, 0.15) is 11.8 Å². The van der Waals surface area contributed by atoms with Crippen LogP contribution in [0.2, 0.25) is 0 Å². The summed E-state index contributed by atoms with van der Waals surface area (Å²) in [5.74, 6) is 0.849. The molecule has 0 radical (unpaired) electrons. The first kappa shape index (κ1) is 19.8.